The van der Waals surface area contributed by atoms with E-state index >= 15 is 0 Å². The van der Waals surface area contributed by atoms with Crippen molar-refractivity contribution in [2.75, 3.05) is 13.2 Å². The summed E-state index contributed by atoms with van der Waals surface area (Å²) in [7, 11) is 0. The van der Waals surface area contributed by atoms with Gasteiger partial charge in [0.15, 0.2) is 0 Å². The molecule has 0 fully saturated rings. The van der Waals surface area contributed by atoms with Gasteiger partial charge in [-0.15, -0.1) is 0 Å². The Hall–Kier alpha value is -1.66. The third-order valence-corrected chi connectivity index (χ3v) is 15.2. The fraction of sp³-hybridized carbons (Fsp3) is 0.909. The minimum atomic E-state index is -0.659. The Morgan fingerprint density at radius 1 is 0.375 bits per heavy atom. The van der Waals surface area contributed by atoms with Crippen LogP contribution in [0, 0.1) is 0 Å². The van der Waals surface area contributed by atoms with Crippen LogP contribution < -0.4 is 5.32 Å². The lowest BCUT2D eigenvalue weighted by Crippen LogP contribution is -2.45. The topological polar surface area (TPSA) is 95.9 Å². The zero-order valence-electron chi connectivity index (χ0n) is 48.7. The summed E-state index contributed by atoms with van der Waals surface area (Å²) in [6, 6.07) is -0.536. The number of aliphatic hydroxyl groups excluding tert-OH is 2. The Labute approximate surface area is 450 Å². The molecular formula is C66H127NO5. The third kappa shape index (κ3) is 57.6. The number of rotatable bonds is 61. The summed E-state index contributed by atoms with van der Waals surface area (Å²) in [6.07, 6.45) is 76.6. The molecule has 6 heteroatoms. The van der Waals surface area contributed by atoms with Crippen molar-refractivity contribution in [1.82, 2.24) is 5.32 Å². The van der Waals surface area contributed by atoms with Crippen molar-refractivity contribution >= 4 is 11.9 Å². The van der Waals surface area contributed by atoms with Crippen LogP contribution in [-0.4, -0.2) is 47.4 Å². The average molecular weight is 1010 g/mol. The normalized spacial score (nSPS) is 12.7. The molecule has 3 N–H and O–H groups in total. The minimum Gasteiger partial charge on any atom is -0.466 e. The third-order valence-electron chi connectivity index (χ3n) is 15.2. The minimum absolute atomic E-state index is 0.00916. The van der Waals surface area contributed by atoms with E-state index in [4.69, 9.17) is 4.74 Å². The summed E-state index contributed by atoms with van der Waals surface area (Å²) >= 11 is 0. The molecule has 72 heavy (non-hydrogen) atoms. The molecule has 0 saturated carbocycles. The van der Waals surface area contributed by atoms with Crippen molar-refractivity contribution in [1.29, 1.82) is 0 Å². The maximum atomic E-state index is 12.4. The number of carbonyl (C=O) groups excluding carboxylic acids is 2. The first-order valence-electron chi connectivity index (χ1n) is 32.6. The SMILES string of the molecule is CCCC/C=C\CCCCCCCC(=O)OCCCCCCCCCCCCCCCC/C=C\CCCCCCCCCCCCCCCCCCCC(=O)NC(CO)C(O)CCCCCCCCCCC. The molecule has 0 saturated heterocycles. The first-order valence-corrected chi connectivity index (χ1v) is 32.6. The van der Waals surface area contributed by atoms with Crippen molar-refractivity contribution in [2.45, 2.75) is 373 Å². The fourth-order valence-corrected chi connectivity index (χ4v) is 10.2. The summed E-state index contributed by atoms with van der Waals surface area (Å²) in [6.45, 7) is 4.91. The predicted octanol–water partition coefficient (Wildman–Crippen LogP) is 20.6. The van der Waals surface area contributed by atoms with Gasteiger partial charge in [0, 0.05) is 12.8 Å². The molecule has 0 aromatic rings. The molecule has 0 spiro atoms. The standard InChI is InChI=1S/C66H127NO5/c1-3-5-7-9-11-13-39-44-48-52-56-60-66(71)72-61-57-53-49-45-41-38-36-34-32-30-28-26-24-22-20-18-16-14-15-17-19-21-23-25-27-29-31-33-35-37-40-43-47-51-55-59-65(70)67-63(62-68)64(69)58-54-50-46-42-12-10-8-6-4-2/h9,11,16,18,63-64,68-69H,3-8,10,12-15,17,19-62H2,1-2H3,(H,67,70)/b11-9-,18-16-. The van der Waals surface area contributed by atoms with Crippen LogP contribution in [0.3, 0.4) is 0 Å². The fourth-order valence-electron chi connectivity index (χ4n) is 10.2. The predicted molar refractivity (Wildman–Crippen MR) is 315 cm³/mol. The van der Waals surface area contributed by atoms with Crippen molar-refractivity contribution in [3.05, 3.63) is 24.3 Å². The lowest BCUT2D eigenvalue weighted by Gasteiger charge is -2.22. The van der Waals surface area contributed by atoms with Crippen molar-refractivity contribution in [3.8, 4) is 0 Å². The van der Waals surface area contributed by atoms with Gasteiger partial charge >= 0.3 is 5.97 Å². The molecule has 0 aromatic heterocycles. The molecule has 0 heterocycles. The van der Waals surface area contributed by atoms with Crippen LogP contribution in [0.25, 0.3) is 0 Å². The van der Waals surface area contributed by atoms with Crippen molar-refractivity contribution in [2.24, 2.45) is 0 Å². The highest BCUT2D eigenvalue weighted by Gasteiger charge is 2.20. The first kappa shape index (κ1) is 70.3. The number of carbonyl (C=O) groups is 2. The summed E-state index contributed by atoms with van der Waals surface area (Å²) in [5.41, 5.74) is 0. The van der Waals surface area contributed by atoms with E-state index in [1.165, 1.54) is 283 Å². The number of allylic oxidation sites excluding steroid dienone is 4. The summed E-state index contributed by atoms with van der Waals surface area (Å²) in [4.78, 5) is 24.4. The van der Waals surface area contributed by atoms with Crippen LogP contribution in [0.15, 0.2) is 24.3 Å². The van der Waals surface area contributed by atoms with Gasteiger partial charge in [-0.05, 0) is 70.6 Å². The number of aliphatic hydroxyl groups is 2. The van der Waals surface area contributed by atoms with Crippen LogP contribution in [0.5, 0.6) is 0 Å². The highest BCUT2D eigenvalue weighted by atomic mass is 16.5. The van der Waals surface area contributed by atoms with Gasteiger partial charge in [-0.25, -0.2) is 0 Å². The largest absolute Gasteiger partial charge is 0.466 e. The van der Waals surface area contributed by atoms with Gasteiger partial charge in [0.25, 0.3) is 0 Å². The Kier molecular flexibility index (Phi) is 60.5. The number of amides is 1. The van der Waals surface area contributed by atoms with Crippen molar-refractivity contribution < 1.29 is 24.5 Å². The number of hydrogen-bond donors (Lipinski definition) is 3. The molecule has 2 atom stereocenters. The van der Waals surface area contributed by atoms with E-state index in [1.807, 2.05) is 0 Å². The summed E-state index contributed by atoms with van der Waals surface area (Å²) < 4.78 is 5.46. The quantitative estimate of drug-likeness (QED) is 0.0320. The van der Waals surface area contributed by atoms with E-state index in [0.29, 0.717) is 25.9 Å². The summed E-state index contributed by atoms with van der Waals surface area (Å²) in [5, 5.41) is 23.1. The molecule has 2 unspecified atom stereocenters. The van der Waals surface area contributed by atoms with Gasteiger partial charge in [-0.2, -0.15) is 0 Å². The van der Waals surface area contributed by atoms with E-state index < -0.39 is 12.1 Å². The molecule has 0 radical (unpaired) electrons. The molecule has 0 aliphatic carbocycles. The molecule has 6 nitrogen and oxygen atoms in total. The summed E-state index contributed by atoms with van der Waals surface area (Å²) in [5.74, 6) is -0.0233. The number of unbranched alkanes of at least 4 members (excludes halogenated alkanes) is 46. The van der Waals surface area contributed by atoms with Crippen LogP contribution in [0.2, 0.25) is 0 Å². The number of hydrogen-bond acceptors (Lipinski definition) is 5. The van der Waals surface area contributed by atoms with Crippen molar-refractivity contribution in [3.63, 3.8) is 0 Å². The molecule has 0 bridgehead atoms. The molecular weight excluding hydrogens is 887 g/mol. The number of nitrogens with one attached hydrogen (secondary N) is 1. The van der Waals surface area contributed by atoms with Gasteiger partial charge < -0.3 is 20.3 Å². The highest BCUT2D eigenvalue weighted by molar-refractivity contribution is 5.76. The first-order chi connectivity index (χ1) is 35.5. The second-order valence-corrected chi connectivity index (χ2v) is 22.4. The highest BCUT2D eigenvalue weighted by Crippen LogP contribution is 2.18. The van der Waals surface area contributed by atoms with E-state index in [9.17, 15) is 19.8 Å². The van der Waals surface area contributed by atoms with Gasteiger partial charge in [0.1, 0.15) is 0 Å². The molecule has 1 amide bonds. The monoisotopic (exact) mass is 1010 g/mol. The van der Waals surface area contributed by atoms with Crippen LogP contribution >= 0.6 is 0 Å². The van der Waals surface area contributed by atoms with E-state index in [2.05, 4.69) is 43.5 Å². The van der Waals surface area contributed by atoms with Gasteiger partial charge in [-0.1, -0.05) is 301 Å². The average Bonchev–Trinajstić information content (AvgIpc) is 3.38. The lowest BCUT2D eigenvalue weighted by molar-refractivity contribution is -0.143. The lowest BCUT2D eigenvalue weighted by atomic mass is 10.0. The maximum Gasteiger partial charge on any atom is 0.305 e. The molecule has 426 valence electrons. The van der Waals surface area contributed by atoms with Gasteiger partial charge in [0.2, 0.25) is 5.91 Å². The van der Waals surface area contributed by atoms with Crippen LogP contribution in [0.4, 0.5) is 0 Å². The molecule has 0 aliphatic heterocycles. The maximum absolute atomic E-state index is 12.4. The van der Waals surface area contributed by atoms with E-state index in [1.54, 1.807) is 0 Å². The molecule has 0 aromatic carbocycles. The Morgan fingerprint density at radius 3 is 1.03 bits per heavy atom. The second-order valence-electron chi connectivity index (χ2n) is 22.4. The van der Waals surface area contributed by atoms with Crippen LogP contribution in [-0.2, 0) is 14.3 Å². The van der Waals surface area contributed by atoms with Gasteiger partial charge in [-0.3, -0.25) is 9.59 Å². The van der Waals surface area contributed by atoms with E-state index in [-0.39, 0.29) is 18.5 Å². The Morgan fingerprint density at radius 2 is 0.667 bits per heavy atom. The zero-order valence-corrected chi connectivity index (χ0v) is 48.7. The molecule has 0 rings (SSSR count). The smallest absolute Gasteiger partial charge is 0.305 e. The Balaban J connectivity index is 3.31. The van der Waals surface area contributed by atoms with E-state index in [0.717, 1.165) is 44.9 Å². The number of ether oxygens (including phenoxy) is 1. The van der Waals surface area contributed by atoms with Crippen LogP contribution in [0.1, 0.15) is 361 Å². The zero-order chi connectivity index (χ0) is 52.2. The number of esters is 1. The second kappa shape index (κ2) is 61.9. The molecule has 0 aliphatic rings. The Bertz CT molecular complexity index is 1120. The van der Waals surface area contributed by atoms with Gasteiger partial charge in [0.05, 0.1) is 25.4 Å².